The summed E-state index contributed by atoms with van der Waals surface area (Å²) in [4.78, 5) is 54.4. The highest BCUT2D eigenvalue weighted by Crippen LogP contribution is 2.46. The van der Waals surface area contributed by atoms with Gasteiger partial charge in [-0.25, -0.2) is 59.8 Å². The van der Waals surface area contributed by atoms with Gasteiger partial charge in [-0.3, -0.25) is 0 Å². The van der Waals surface area contributed by atoms with E-state index in [9.17, 15) is 0 Å². The predicted molar refractivity (Wildman–Crippen MR) is 590 cm³/mol. The van der Waals surface area contributed by atoms with Gasteiger partial charge < -0.3 is 0 Å². The van der Waals surface area contributed by atoms with Crippen LogP contribution in [0, 0.1) is 0 Å². The Bertz CT molecular complexity index is 9650. The van der Waals surface area contributed by atoms with E-state index >= 15 is 0 Å². The van der Waals surface area contributed by atoms with E-state index in [-0.39, 0.29) is 0 Å². The Morgan fingerprint density at radius 3 is 0.695 bits per heavy atom. The highest BCUT2D eigenvalue weighted by atomic mass is 32.1. The quantitative estimate of drug-likeness (QED) is 0.120. The van der Waals surface area contributed by atoms with Crippen molar-refractivity contribution in [2.24, 2.45) is 0 Å². The van der Waals surface area contributed by atoms with Crippen molar-refractivity contribution in [1.29, 1.82) is 0 Å². The van der Waals surface area contributed by atoms with Crippen LogP contribution in [0.4, 0.5) is 0 Å². The molecule has 29 rings (SSSR count). The molecule has 29 aromatic rings. The zero-order valence-electron chi connectivity index (χ0n) is 75.5. The maximum absolute atomic E-state index is 4.80. The molecule has 0 aliphatic rings. The molecule has 141 heavy (non-hydrogen) atoms. The van der Waals surface area contributed by atoms with Crippen LogP contribution in [0.1, 0.15) is 0 Å². The number of hydrogen-bond acceptors (Lipinski definition) is 15. The van der Waals surface area contributed by atoms with Gasteiger partial charge in [-0.05, 0) is 241 Å². The minimum atomic E-state index is 0.641. The fourth-order valence-corrected chi connectivity index (χ4v) is 22.5. The molecule has 0 bridgehead atoms. The molecule has 0 unspecified atom stereocenters. The molecule has 12 nitrogen and oxygen atoms in total. The molecule has 0 aliphatic heterocycles. The summed E-state index contributed by atoms with van der Waals surface area (Å²) in [7, 11) is 0. The normalized spacial score (nSPS) is 11.5. The molecule has 0 aliphatic carbocycles. The first kappa shape index (κ1) is 83.5. The van der Waals surface area contributed by atoms with E-state index in [1.165, 1.54) is 172 Å². The van der Waals surface area contributed by atoms with Gasteiger partial charge in [0.2, 0.25) is 0 Å². The minimum Gasteiger partial charge on any atom is -0.245 e. The average Bonchev–Trinajstić information content (AvgIpc) is 1.31. The monoisotopic (exact) mass is 1850 g/mol. The van der Waals surface area contributed by atoms with Crippen LogP contribution in [0.5, 0.6) is 0 Å². The van der Waals surface area contributed by atoms with Crippen LogP contribution in [0.2, 0.25) is 0 Å². The molecule has 6 aromatic heterocycles. The Hall–Kier alpha value is -18.1. The molecule has 0 radical (unpaired) electrons. The lowest BCUT2D eigenvalue weighted by Gasteiger charge is -2.13. The van der Waals surface area contributed by atoms with Crippen molar-refractivity contribution < 1.29 is 0 Å². The molecule has 0 N–H and O–H groups in total. The average molecular weight is 1850 g/mol. The topological polar surface area (TPSA) is 155 Å². The summed E-state index contributed by atoms with van der Waals surface area (Å²) in [5, 5.41) is 30.0. The van der Waals surface area contributed by atoms with Gasteiger partial charge in [0, 0.05) is 38.9 Å². The third-order valence-electron chi connectivity index (χ3n) is 26.9. The molecule has 0 fully saturated rings. The lowest BCUT2D eigenvalue weighted by Crippen LogP contribution is -1.96. The fourth-order valence-electron chi connectivity index (χ4n) is 20.2. The van der Waals surface area contributed by atoms with E-state index in [2.05, 4.69) is 379 Å². The van der Waals surface area contributed by atoms with E-state index in [4.69, 9.17) is 15.0 Å². The van der Waals surface area contributed by atoms with E-state index in [1.807, 2.05) is 108 Å². The first-order valence-corrected chi connectivity index (χ1v) is 49.3. The molecule has 0 spiro atoms. The molecule has 658 valence electrons. The summed E-state index contributed by atoms with van der Waals surface area (Å²) in [6, 6.07) is 150. The smallest absolute Gasteiger partial charge is 0.163 e. The SMILES string of the molecule is c1ccc(-c2ccc3c4ccc(-c5cccc6ncsc56)cc4c4ccccc4c3c2)cc1.c1ccc(-c2ncnc(-c3ccc4c(c3)c3ccccc3c3ccc(-c5ncnc(-c6ccccc6)n5)cc34)n2)cc1.c1ccc(-c2ncnc(-c3ccc4c5ccccc5c5ccccc5c4c3)n2)cc1.c1ccc2c(c1)c1cc(-c3ccc4ncsc4c3)ccc1c1ccc(-c3ccc4ncsc4c3)cc21. The molecule has 0 saturated carbocycles. The summed E-state index contributed by atoms with van der Waals surface area (Å²) in [6.45, 7) is 0. The molecule has 23 aromatic carbocycles. The molecule has 6 heterocycles. The van der Waals surface area contributed by atoms with Gasteiger partial charge in [0.1, 0.15) is 19.0 Å². The number of benzene rings is 23. The number of nitrogens with zero attached hydrogens (tertiary/aromatic N) is 12. The Morgan fingerprint density at radius 2 is 0.362 bits per heavy atom. The number of fused-ring (bicyclic) bond motifs is 27. The largest absolute Gasteiger partial charge is 0.245 e. The highest BCUT2D eigenvalue weighted by Gasteiger charge is 2.21. The van der Waals surface area contributed by atoms with Gasteiger partial charge in [0.15, 0.2) is 34.9 Å². The van der Waals surface area contributed by atoms with Gasteiger partial charge >= 0.3 is 0 Å². The fraction of sp³-hybridized carbons (Fsp3) is 0. The summed E-state index contributed by atoms with van der Waals surface area (Å²) < 4.78 is 3.69. The van der Waals surface area contributed by atoms with Crippen LogP contribution in [0.25, 0.3) is 273 Å². The summed E-state index contributed by atoms with van der Waals surface area (Å²) in [5.41, 5.74) is 24.6. The van der Waals surface area contributed by atoms with Crippen molar-refractivity contribution in [2.75, 3.05) is 0 Å². The highest BCUT2D eigenvalue weighted by molar-refractivity contribution is 7.17. The van der Waals surface area contributed by atoms with Crippen LogP contribution in [-0.2, 0) is 0 Å². The van der Waals surface area contributed by atoms with Crippen molar-refractivity contribution in [1.82, 2.24) is 59.8 Å². The van der Waals surface area contributed by atoms with E-state index in [0.29, 0.717) is 34.9 Å². The predicted octanol–water partition coefficient (Wildman–Crippen LogP) is 33.6. The zero-order valence-corrected chi connectivity index (χ0v) is 77.9. The third kappa shape index (κ3) is 15.5. The molecular weight excluding hydrogens is 1780 g/mol. The Morgan fingerprint density at radius 1 is 0.135 bits per heavy atom. The lowest BCUT2D eigenvalue weighted by atomic mass is 9.90. The van der Waals surface area contributed by atoms with E-state index in [1.54, 1.807) is 53.0 Å². The van der Waals surface area contributed by atoms with Crippen LogP contribution in [0.15, 0.2) is 460 Å². The standard InChI is InChI=1S/C36H22N6.C32H18N2S2.C31H19NS.C27H17N3/c1-3-9-23(10-4-1)33-37-21-39-35(41-33)25-15-17-29-27-13-7-8-14-28(27)31-19-26(16-18-30(31)32(29)20-25)36-40-22-38-34(42-36)24-11-5-2-6-12-24;1-2-4-24-23(3-1)27-13-19(21-7-11-29-31(15-21)35-17-33-29)5-9-25(27)26-10-6-20(14-28(24)26)22-8-12-30-32(16-22)36-18-34-30;1-2-7-20(8-3-1)21-13-15-26-27-16-14-22(23-11-6-12-30-31(23)33-19-32-30)18-29(27)25-10-5-4-9-24(25)28(26)17-21;1-2-8-18(9-3-1)26-28-17-29-27(30-26)19-14-15-24-22-12-5-4-10-20(22)21-11-6-7-13-23(21)25(24)16-19/h1-22H;1-18H;1-19H;1-17H. The number of thiazole rings is 3. The second-order valence-electron chi connectivity index (χ2n) is 35.0. The first-order chi connectivity index (χ1) is 69.9. The van der Waals surface area contributed by atoms with Crippen molar-refractivity contribution in [3.8, 4) is 113 Å². The van der Waals surface area contributed by atoms with Gasteiger partial charge in [-0.1, -0.05) is 352 Å². The Kier molecular flexibility index (Phi) is 21.2. The van der Waals surface area contributed by atoms with Crippen molar-refractivity contribution in [2.45, 2.75) is 0 Å². The first-order valence-electron chi connectivity index (χ1n) is 46.7. The van der Waals surface area contributed by atoms with Gasteiger partial charge in [0.05, 0.1) is 47.2 Å². The second-order valence-corrected chi connectivity index (χ2v) is 37.6. The van der Waals surface area contributed by atoms with E-state index in [0.717, 1.165) is 66.1 Å². The Balaban J connectivity index is 0.0000000972. The van der Waals surface area contributed by atoms with Gasteiger partial charge in [-0.15, -0.1) is 34.0 Å². The van der Waals surface area contributed by atoms with Gasteiger partial charge in [0.25, 0.3) is 0 Å². The van der Waals surface area contributed by atoms with Crippen LogP contribution >= 0.6 is 34.0 Å². The molecular formula is C126H76N12S3. The molecule has 0 amide bonds. The van der Waals surface area contributed by atoms with Crippen LogP contribution < -0.4 is 0 Å². The summed E-state index contributed by atoms with van der Waals surface area (Å²) in [5.74, 6) is 3.96. The maximum Gasteiger partial charge on any atom is 0.163 e. The van der Waals surface area contributed by atoms with E-state index < -0.39 is 0 Å². The number of aromatic nitrogens is 12. The molecule has 0 saturated heterocycles. The van der Waals surface area contributed by atoms with Crippen molar-refractivity contribution >= 4 is 194 Å². The van der Waals surface area contributed by atoms with Crippen molar-refractivity contribution in [3.05, 3.63) is 460 Å². The molecule has 0 atom stereocenters. The number of rotatable bonds is 10. The maximum atomic E-state index is 4.80. The summed E-state index contributed by atoms with van der Waals surface area (Å²) in [6.07, 6.45) is 4.75. The Labute approximate surface area is 820 Å². The second kappa shape index (κ2) is 35.9. The van der Waals surface area contributed by atoms with Crippen LogP contribution in [-0.4, -0.2) is 59.8 Å². The summed E-state index contributed by atoms with van der Waals surface area (Å²) >= 11 is 5.09. The minimum absolute atomic E-state index is 0.641. The lowest BCUT2D eigenvalue weighted by molar-refractivity contribution is 1.07. The zero-order chi connectivity index (χ0) is 93.2. The number of hydrogen-bond donors (Lipinski definition) is 0. The molecule has 15 heteroatoms. The van der Waals surface area contributed by atoms with Crippen molar-refractivity contribution in [3.63, 3.8) is 0 Å². The third-order valence-corrected chi connectivity index (χ3v) is 29.4. The van der Waals surface area contributed by atoms with Crippen LogP contribution in [0.3, 0.4) is 0 Å². The van der Waals surface area contributed by atoms with Gasteiger partial charge in [-0.2, -0.15) is 0 Å².